The molecule has 2 atom stereocenters. The monoisotopic (exact) mass is 450 g/mol. The quantitative estimate of drug-likeness (QED) is 0.499. The number of hydrogen-bond acceptors (Lipinski definition) is 5. The highest BCUT2D eigenvalue weighted by atomic mass is 32.1. The van der Waals surface area contributed by atoms with E-state index in [4.69, 9.17) is 16.6 Å². The predicted molar refractivity (Wildman–Crippen MR) is 126 cm³/mol. The highest BCUT2D eigenvalue weighted by molar-refractivity contribution is 7.80. The van der Waals surface area contributed by atoms with Crippen molar-refractivity contribution in [3.8, 4) is 11.3 Å². The molecule has 1 aliphatic rings. The molecule has 1 saturated heterocycles. The maximum Gasteiger partial charge on any atom is 0.336 e. The average Bonchev–Trinajstić information content (AvgIpc) is 3.39. The van der Waals surface area contributed by atoms with E-state index in [9.17, 15) is 9.90 Å². The highest BCUT2D eigenvalue weighted by Crippen LogP contribution is 2.40. The first-order valence-electron chi connectivity index (χ1n) is 10.5. The van der Waals surface area contributed by atoms with E-state index in [1.54, 1.807) is 30.5 Å². The zero-order valence-corrected chi connectivity index (χ0v) is 18.9. The number of pyridine rings is 1. The molecule has 3 aromatic rings. The van der Waals surface area contributed by atoms with Gasteiger partial charge in [0, 0.05) is 18.3 Å². The van der Waals surface area contributed by atoms with Crippen molar-refractivity contribution in [3.63, 3.8) is 0 Å². The molecule has 2 aromatic heterocycles. The van der Waals surface area contributed by atoms with Crippen molar-refractivity contribution < 1.29 is 14.3 Å². The van der Waals surface area contributed by atoms with Crippen LogP contribution in [0, 0.1) is 0 Å². The summed E-state index contributed by atoms with van der Waals surface area (Å²) in [6, 6.07) is 16.0. The molecule has 0 aliphatic carbocycles. The maximum atomic E-state index is 11.7. The number of aromatic nitrogens is 1. The van der Waals surface area contributed by atoms with Crippen LogP contribution in [0.1, 0.15) is 40.3 Å². The van der Waals surface area contributed by atoms with Gasteiger partial charge in [0.05, 0.1) is 17.3 Å². The van der Waals surface area contributed by atoms with E-state index in [0.29, 0.717) is 22.2 Å². The molecule has 0 saturated carbocycles. The normalized spacial score (nSPS) is 18.2. The standard InChI is InChI=1S/C24H26N4O3S/c1-27(2)14-7-15-28-22(21(26-24(28)32)18-10-5-6-13-25-18)20-12-11-19(31-20)16-8-3-4-9-17(16)23(29)30/h3-6,8-13,21-22H,7,14-15H2,1-2H3,(H,26,32)(H,29,30)/t21-,22-/m1/s1. The fraction of sp³-hybridized carbons (Fsp3) is 0.292. The summed E-state index contributed by atoms with van der Waals surface area (Å²) in [5.74, 6) is 0.246. The van der Waals surface area contributed by atoms with Crippen molar-refractivity contribution in [1.82, 2.24) is 20.1 Å². The van der Waals surface area contributed by atoms with Gasteiger partial charge in [0.1, 0.15) is 17.6 Å². The smallest absolute Gasteiger partial charge is 0.336 e. The van der Waals surface area contributed by atoms with Crippen molar-refractivity contribution >= 4 is 23.3 Å². The number of aromatic carboxylic acids is 1. The fourth-order valence-electron chi connectivity index (χ4n) is 4.05. The number of rotatable bonds is 8. The van der Waals surface area contributed by atoms with Gasteiger partial charge in [0.2, 0.25) is 0 Å². The van der Waals surface area contributed by atoms with Crippen molar-refractivity contribution in [1.29, 1.82) is 0 Å². The molecule has 4 rings (SSSR count). The molecular weight excluding hydrogens is 424 g/mol. The molecule has 2 N–H and O–H groups in total. The molecule has 1 aliphatic heterocycles. The van der Waals surface area contributed by atoms with Crippen LogP contribution in [0.4, 0.5) is 0 Å². The summed E-state index contributed by atoms with van der Waals surface area (Å²) < 4.78 is 6.26. The lowest BCUT2D eigenvalue weighted by Gasteiger charge is -2.26. The second kappa shape index (κ2) is 9.50. The summed E-state index contributed by atoms with van der Waals surface area (Å²) in [5, 5.41) is 13.6. The van der Waals surface area contributed by atoms with Crippen LogP contribution >= 0.6 is 12.2 Å². The number of furan rings is 1. The minimum Gasteiger partial charge on any atom is -0.478 e. The second-order valence-corrected chi connectivity index (χ2v) is 8.42. The van der Waals surface area contributed by atoms with Gasteiger partial charge in [-0.25, -0.2) is 4.79 Å². The first kappa shape index (κ1) is 22.0. The number of carboxylic acid groups (broad SMARTS) is 1. The molecule has 0 spiro atoms. The lowest BCUT2D eigenvalue weighted by molar-refractivity contribution is 0.0697. The van der Waals surface area contributed by atoms with Crippen LogP contribution in [0.3, 0.4) is 0 Å². The first-order valence-corrected chi connectivity index (χ1v) is 10.9. The molecule has 7 nitrogen and oxygen atoms in total. The Bertz CT molecular complexity index is 1100. The van der Waals surface area contributed by atoms with Crippen LogP contribution in [0.5, 0.6) is 0 Å². The minimum atomic E-state index is -0.987. The molecule has 1 aromatic carbocycles. The van der Waals surface area contributed by atoms with Crippen LogP contribution in [-0.4, -0.2) is 58.2 Å². The summed E-state index contributed by atoms with van der Waals surface area (Å²) >= 11 is 5.68. The largest absolute Gasteiger partial charge is 0.478 e. The third-order valence-electron chi connectivity index (χ3n) is 5.54. The third-order valence-corrected chi connectivity index (χ3v) is 5.90. The molecule has 8 heteroatoms. The summed E-state index contributed by atoms with van der Waals surface area (Å²) in [5.41, 5.74) is 1.63. The van der Waals surface area contributed by atoms with Crippen molar-refractivity contribution in [2.45, 2.75) is 18.5 Å². The molecule has 3 heterocycles. The van der Waals surface area contributed by atoms with Gasteiger partial charge in [-0.2, -0.15) is 0 Å². The Morgan fingerprint density at radius 1 is 1.19 bits per heavy atom. The van der Waals surface area contributed by atoms with Gasteiger partial charge in [0.25, 0.3) is 0 Å². The van der Waals surface area contributed by atoms with Crippen LogP contribution in [0.25, 0.3) is 11.3 Å². The van der Waals surface area contributed by atoms with Crippen LogP contribution in [-0.2, 0) is 0 Å². The molecular formula is C24H26N4O3S. The number of carbonyl (C=O) groups is 1. The fourth-order valence-corrected chi connectivity index (χ4v) is 4.39. The Morgan fingerprint density at radius 2 is 1.97 bits per heavy atom. The van der Waals surface area contributed by atoms with Gasteiger partial charge < -0.3 is 24.6 Å². The minimum absolute atomic E-state index is 0.170. The average molecular weight is 451 g/mol. The van der Waals surface area contributed by atoms with Gasteiger partial charge in [-0.05, 0) is 69.6 Å². The van der Waals surface area contributed by atoms with E-state index >= 15 is 0 Å². The third kappa shape index (κ3) is 4.51. The summed E-state index contributed by atoms with van der Waals surface area (Å²) in [7, 11) is 4.10. The van der Waals surface area contributed by atoms with Crippen LogP contribution in [0.2, 0.25) is 0 Å². The topological polar surface area (TPSA) is 81.8 Å². The molecule has 1 fully saturated rings. The van der Waals surface area contributed by atoms with Gasteiger partial charge in [-0.1, -0.05) is 24.3 Å². The molecule has 0 bridgehead atoms. The SMILES string of the molecule is CN(C)CCCN1C(=S)N[C@H](c2ccccn2)[C@H]1c1ccc(-c2ccccc2C(=O)O)o1. The van der Waals surface area contributed by atoms with Crippen molar-refractivity contribution in [3.05, 3.63) is 77.8 Å². The summed E-state index contributed by atoms with van der Waals surface area (Å²) in [6.07, 6.45) is 2.71. The maximum absolute atomic E-state index is 11.7. The highest BCUT2D eigenvalue weighted by Gasteiger charge is 2.41. The molecule has 32 heavy (non-hydrogen) atoms. The van der Waals surface area contributed by atoms with E-state index < -0.39 is 5.97 Å². The Labute approximate surface area is 192 Å². The van der Waals surface area contributed by atoms with Gasteiger partial charge >= 0.3 is 5.97 Å². The van der Waals surface area contributed by atoms with Gasteiger partial charge in [0.15, 0.2) is 5.11 Å². The van der Waals surface area contributed by atoms with E-state index in [2.05, 4.69) is 20.1 Å². The van der Waals surface area contributed by atoms with Gasteiger partial charge in [-0.15, -0.1) is 0 Å². The van der Waals surface area contributed by atoms with Crippen molar-refractivity contribution in [2.75, 3.05) is 27.2 Å². The Kier molecular flexibility index (Phi) is 6.53. The number of thiocarbonyl (C=S) groups is 1. The van der Waals surface area contributed by atoms with Crippen LogP contribution in [0.15, 0.2) is 65.2 Å². The molecule has 0 radical (unpaired) electrons. The molecule has 166 valence electrons. The Hall–Kier alpha value is -3.23. The number of carboxylic acids is 1. The lowest BCUT2D eigenvalue weighted by Crippen LogP contribution is -2.32. The Balaban J connectivity index is 1.70. The summed E-state index contributed by atoms with van der Waals surface area (Å²) in [6.45, 7) is 1.70. The molecule has 0 unspecified atom stereocenters. The van der Waals surface area contributed by atoms with Crippen molar-refractivity contribution in [2.24, 2.45) is 0 Å². The van der Waals surface area contributed by atoms with E-state index in [0.717, 1.165) is 25.2 Å². The first-order chi connectivity index (χ1) is 15.5. The predicted octanol–water partition coefficient (Wildman–Crippen LogP) is 3.96. The second-order valence-electron chi connectivity index (χ2n) is 8.03. The zero-order chi connectivity index (χ0) is 22.7. The number of benzene rings is 1. The summed E-state index contributed by atoms with van der Waals surface area (Å²) in [4.78, 5) is 20.5. The van der Waals surface area contributed by atoms with Gasteiger partial charge in [-0.3, -0.25) is 4.98 Å². The van der Waals surface area contributed by atoms with E-state index in [-0.39, 0.29) is 17.6 Å². The van der Waals surface area contributed by atoms with Crippen LogP contribution < -0.4 is 5.32 Å². The van der Waals surface area contributed by atoms with E-state index in [1.807, 2.05) is 44.4 Å². The molecule has 0 amide bonds. The Morgan fingerprint density at radius 3 is 2.69 bits per heavy atom. The van der Waals surface area contributed by atoms with E-state index in [1.165, 1.54) is 0 Å². The zero-order valence-electron chi connectivity index (χ0n) is 18.1. The lowest BCUT2D eigenvalue weighted by atomic mass is 10.0. The number of nitrogens with zero attached hydrogens (tertiary/aromatic N) is 3. The number of hydrogen-bond donors (Lipinski definition) is 2. The number of nitrogens with one attached hydrogen (secondary N) is 1.